The monoisotopic (exact) mass is 751 g/mol. The molecule has 6 heteroatoms. The molecule has 0 amide bonds. The molecule has 0 saturated heterocycles. The Morgan fingerprint density at radius 2 is 0.509 bits per heavy atom. The van der Waals surface area contributed by atoms with Crippen LogP contribution in [-0.2, 0) is 28.6 Å². The summed E-state index contributed by atoms with van der Waals surface area (Å²) in [7, 11) is 0. The minimum absolute atomic E-state index is 0.0626. The van der Waals surface area contributed by atoms with E-state index >= 15 is 0 Å². The highest BCUT2D eigenvalue weighted by atomic mass is 16.6. The Bertz CT molecular complexity index is 783. The minimum Gasteiger partial charge on any atom is -0.462 e. The van der Waals surface area contributed by atoms with Gasteiger partial charge >= 0.3 is 17.9 Å². The molecule has 0 radical (unpaired) electrons. The lowest BCUT2D eigenvalue weighted by Crippen LogP contribution is -2.30. The zero-order valence-corrected chi connectivity index (χ0v) is 35.8. The van der Waals surface area contributed by atoms with E-state index in [1.54, 1.807) is 0 Å². The quantitative estimate of drug-likeness (QED) is 0.0351. The molecule has 0 aromatic rings. The Morgan fingerprint density at radius 3 is 0.755 bits per heavy atom. The second-order valence-corrected chi connectivity index (χ2v) is 16.0. The van der Waals surface area contributed by atoms with Crippen LogP contribution in [0.5, 0.6) is 0 Å². The van der Waals surface area contributed by atoms with Gasteiger partial charge in [0, 0.05) is 19.3 Å². The summed E-state index contributed by atoms with van der Waals surface area (Å²) < 4.78 is 16.7. The van der Waals surface area contributed by atoms with Crippen LogP contribution in [0.2, 0.25) is 0 Å². The fourth-order valence-electron chi connectivity index (χ4n) is 7.03. The summed E-state index contributed by atoms with van der Waals surface area (Å²) in [5.41, 5.74) is 0. The van der Waals surface area contributed by atoms with Crippen LogP contribution in [0.15, 0.2) is 0 Å². The van der Waals surface area contributed by atoms with Crippen LogP contribution in [0.3, 0.4) is 0 Å². The fraction of sp³-hybridized carbons (Fsp3) is 0.936. The number of ether oxygens (including phenoxy) is 3. The van der Waals surface area contributed by atoms with Crippen LogP contribution in [-0.4, -0.2) is 37.2 Å². The Morgan fingerprint density at radius 1 is 0.302 bits per heavy atom. The average molecular weight is 751 g/mol. The third kappa shape index (κ3) is 41.4. The number of hydrogen-bond acceptors (Lipinski definition) is 6. The lowest BCUT2D eigenvalue weighted by Gasteiger charge is -2.18. The molecule has 0 heterocycles. The largest absolute Gasteiger partial charge is 0.462 e. The van der Waals surface area contributed by atoms with Gasteiger partial charge in [0.2, 0.25) is 0 Å². The highest BCUT2D eigenvalue weighted by Gasteiger charge is 2.19. The SMILES string of the molecule is CCCCCCCCCCCCCCCC(=O)OC[C@@H](COC(=O)CCCCCCCCCCC)OC(=O)CCCCCCCCCCCCCCC. The number of carbonyl (C=O) groups excluding carboxylic acids is 3. The number of carbonyl (C=O) groups is 3. The van der Waals surface area contributed by atoms with Crippen molar-refractivity contribution in [2.45, 2.75) is 271 Å². The Labute approximate surface area is 329 Å². The summed E-state index contributed by atoms with van der Waals surface area (Å²) in [5.74, 6) is -0.851. The normalized spacial score (nSPS) is 11.8. The van der Waals surface area contributed by atoms with Gasteiger partial charge in [-0.15, -0.1) is 0 Å². The molecule has 6 nitrogen and oxygen atoms in total. The maximum Gasteiger partial charge on any atom is 0.306 e. The highest BCUT2D eigenvalue weighted by Crippen LogP contribution is 2.16. The van der Waals surface area contributed by atoms with Gasteiger partial charge in [0.15, 0.2) is 6.10 Å². The van der Waals surface area contributed by atoms with Gasteiger partial charge in [-0.05, 0) is 19.3 Å². The Hall–Kier alpha value is -1.59. The molecule has 0 aliphatic heterocycles. The maximum atomic E-state index is 12.7. The Kier molecular flexibility index (Phi) is 41.8. The first-order valence-electron chi connectivity index (χ1n) is 23.5. The van der Waals surface area contributed by atoms with E-state index in [1.807, 2.05) is 0 Å². The van der Waals surface area contributed by atoms with E-state index in [0.29, 0.717) is 19.3 Å². The molecular formula is C47H90O6. The molecule has 53 heavy (non-hydrogen) atoms. The van der Waals surface area contributed by atoms with Gasteiger partial charge in [-0.2, -0.15) is 0 Å². The topological polar surface area (TPSA) is 78.9 Å². The molecule has 0 saturated carbocycles. The first-order valence-corrected chi connectivity index (χ1v) is 23.5. The first kappa shape index (κ1) is 51.4. The summed E-state index contributed by atoms with van der Waals surface area (Å²) in [6.07, 6.45) is 43.7. The molecule has 0 spiro atoms. The van der Waals surface area contributed by atoms with E-state index in [1.165, 1.54) is 167 Å². The Balaban J connectivity index is 4.30. The van der Waals surface area contributed by atoms with Crippen molar-refractivity contribution in [1.82, 2.24) is 0 Å². The van der Waals surface area contributed by atoms with Gasteiger partial charge in [-0.1, -0.05) is 226 Å². The lowest BCUT2D eigenvalue weighted by molar-refractivity contribution is -0.167. The van der Waals surface area contributed by atoms with Crippen molar-refractivity contribution in [2.24, 2.45) is 0 Å². The number of esters is 3. The predicted octanol–water partition coefficient (Wildman–Crippen LogP) is 14.9. The summed E-state index contributed by atoms with van der Waals surface area (Å²) >= 11 is 0. The summed E-state index contributed by atoms with van der Waals surface area (Å²) in [5, 5.41) is 0. The molecule has 0 aromatic heterocycles. The molecule has 0 aliphatic rings. The molecule has 0 rings (SSSR count). The van der Waals surface area contributed by atoms with Gasteiger partial charge in [-0.3, -0.25) is 14.4 Å². The van der Waals surface area contributed by atoms with Crippen molar-refractivity contribution < 1.29 is 28.6 Å². The molecule has 0 aromatic carbocycles. The summed E-state index contributed by atoms with van der Waals surface area (Å²) in [6, 6.07) is 0. The van der Waals surface area contributed by atoms with E-state index < -0.39 is 6.10 Å². The lowest BCUT2D eigenvalue weighted by atomic mass is 10.0. The second kappa shape index (κ2) is 43.1. The summed E-state index contributed by atoms with van der Waals surface area (Å²) in [4.78, 5) is 37.7. The van der Waals surface area contributed by atoms with Crippen molar-refractivity contribution in [3.8, 4) is 0 Å². The van der Waals surface area contributed by atoms with E-state index in [2.05, 4.69) is 20.8 Å². The van der Waals surface area contributed by atoms with E-state index in [4.69, 9.17) is 14.2 Å². The highest BCUT2D eigenvalue weighted by molar-refractivity contribution is 5.71. The van der Waals surface area contributed by atoms with E-state index in [0.717, 1.165) is 57.8 Å². The first-order chi connectivity index (χ1) is 26.0. The van der Waals surface area contributed by atoms with Gasteiger partial charge in [-0.25, -0.2) is 0 Å². The van der Waals surface area contributed by atoms with Gasteiger partial charge in [0.25, 0.3) is 0 Å². The zero-order valence-electron chi connectivity index (χ0n) is 35.8. The van der Waals surface area contributed by atoms with Gasteiger partial charge in [0.1, 0.15) is 13.2 Å². The molecule has 0 bridgehead atoms. The number of unbranched alkanes of at least 4 members (excludes halogenated alkanes) is 32. The van der Waals surface area contributed by atoms with Crippen LogP contribution >= 0.6 is 0 Å². The van der Waals surface area contributed by atoms with Crippen molar-refractivity contribution in [1.29, 1.82) is 0 Å². The standard InChI is InChI=1S/C47H90O6/c1-4-7-10-13-16-19-21-23-25-28-31-34-37-40-46(49)52-43-44(42-51-45(48)39-36-33-30-27-18-15-12-9-6-3)53-47(50)41-38-35-32-29-26-24-22-20-17-14-11-8-5-2/h44H,4-43H2,1-3H3/t44-/m1/s1. The second-order valence-electron chi connectivity index (χ2n) is 16.0. The zero-order chi connectivity index (χ0) is 38.7. The maximum absolute atomic E-state index is 12.7. The van der Waals surface area contributed by atoms with Crippen molar-refractivity contribution in [3.05, 3.63) is 0 Å². The molecule has 0 aliphatic carbocycles. The molecule has 314 valence electrons. The molecule has 0 unspecified atom stereocenters. The minimum atomic E-state index is -0.757. The smallest absolute Gasteiger partial charge is 0.306 e. The third-order valence-corrected chi connectivity index (χ3v) is 10.6. The van der Waals surface area contributed by atoms with Crippen LogP contribution in [0.1, 0.15) is 265 Å². The fourth-order valence-corrected chi connectivity index (χ4v) is 7.03. The summed E-state index contributed by atoms with van der Waals surface area (Å²) in [6.45, 7) is 6.64. The average Bonchev–Trinajstić information content (AvgIpc) is 3.15. The van der Waals surface area contributed by atoms with Gasteiger partial charge in [0.05, 0.1) is 0 Å². The van der Waals surface area contributed by atoms with Crippen LogP contribution < -0.4 is 0 Å². The molecule has 0 fully saturated rings. The van der Waals surface area contributed by atoms with Crippen molar-refractivity contribution in [2.75, 3.05) is 13.2 Å². The van der Waals surface area contributed by atoms with Crippen molar-refractivity contribution in [3.63, 3.8) is 0 Å². The van der Waals surface area contributed by atoms with Crippen LogP contribution in [0.4, 0.5) is 0 Å². The van der Waals surface area contributed by atoms with Crippen molar-refractivity contribution >= 4 is 17.9 Å². The van der Waals surface area contributed by atoms with Gasteiger partial charge < -0.3 is 14.2 Å². The van der Waals surface area contributed by atoms with Crippen LogP contribution in [0.25, 0.3) is 0 Å². The molecular weight excluding hydrogens is 661 g/mol. The number of rotatable bonds is 43. The van der Waals surface area contributed by atoms with E-state index in [9.17, 15) is 14.4 Å². The molecule has 1 atom stereocenters. The molecule has 0 N–H and O–H groups in total. The van der Waals surface area contributed by atoms with Crippen LogP contribution in [0, 0.1) is 0 Å². The predicted molar refractivity (Wildman–Crippen MR) is 224 cm³/mol. The third-order valence-electron chi connectivity index (χ3n) is 10.6. The van der Waals surface area contributed by atoms with E-state index in [-0.39, 0.29) is 31.1 Å². The number of hydrogen-bond donors (Lipinski definition) is 0.